The number of amides is 1. The van der Waals surface area contributed by atoms with E-state index < -0.39 is 0 Å². The maximum atomic E-state index is 11.1. The minimum Gasteiger partial charge on any atom is -0.407 e. The summed E-state index contributed by atoms with van der Waals surface area (Å²) in [6.07, 6.45) is 3.87. The fourth-order valence-electron chi connectivity index (χ4n) is 0.941. The highest BCUT2D eigenvalue weighted by Crippen LogP contribution is 2.09. The first kappa shape index (κ1) is 10.6. The second-order valence-electron chi connectivity index (χ2n) is 3.20. The lowest BCUT2D eigenvalue weighted by molar-refractivity contribution is 0.172. The van der Waals surface area contributed by atoms with E-state index in [1.54, 1.807) is 25.0 Å². The van der Waals surface area contributed by atoms with Crippen molar-refractivity contribution in [2.75, 3.05) is 14.1 Å². The van der Waals surface area contributed by atoms with Gasteiger partial charge in [0.15, 0.2) is 5.75 Å². The average molecular weight is 197 g/mol. The normalized spacial score (nSPS) is 9.93. The Bertz CT molecular complexity index is 307. The SMILES string of the molecule is CCCn1cc(OC(=O)N(C)C)cn1. The van der Waals surface area contributed by atoms with Gasteiger partial charge in [-0.15, -0.1) is 0 Å². The topological polar surface area (TPSA) is 47.4 Å². The van der Waals surface area contributed by atoms with Crippen LogP contribution in [0.4, 0.5) is 4.79 Å². The molecule has 0 atom stereocenters. The predicted molar refractivity (Wildman–Crippen MR) is 52.2 cm³/mol. The fourth-order valence-corrected chi connectivity index (χ4v) is 0.941. The van der Waals surface area contributed by atoms with Gasteiger partial charge in [0.25, 0.3) is 0 Å². The number of carbonyl (C=O) groups is 1. The number of hydrogen-bond acceptors (Lipinski definition) is 3. The Balaban J connectivity index is 2.55. The summed E-state index contributed by atoms with van der Waals surface area (Å²) in [6, 6.07) is 0. The lowest BCUT2D eigenvalue weighted by atomic mass is 10.5. The van der Waals surface area contributed by atoms with Crippen molar-refractivity contribution < 1.29 is 9.53 Å². The highest BCUT2D eigenvalue weighted by molar-refractivity contribution is 5.69. The van der Waals surface area contributed by atoms with E-state index in [2.05, 4.69) is 12.0 Å². The third kappa shape index (κ3) is 2.76. The molecule has 14 heavy (non-hydrogen) atoms. The molecule has 5 nitrogen and oxygen atoms in total. The van der Waals surface area contributed by atoms with Crippen molar-refractivity contribution >= 4 is 6.09 Å². The van der Waals surface area contributed by atoms with Gasteiger partial charge in [0.2, 0.25) is 0 Å². The molecule has 0 unspecified atom stereocenters. The molecule has 1 rings (SSSR count). The Morgan fingerprint density at radius 1 is 1.64 bits per heavy atom. The molecule has 0 aliphatic rings. The van der Waals surface area contributed by atoms with Crippen molar-refractivity contribution in [1.82, 2.24) is 14.7 Å². The highest BCUT2D eigenvalue weighted by atomic mass is 16.6. The summed E-state index contributed by atoms with van der Waals surface area (Å²) in [5, 5.41) is 4.04. The van der Waals surface area contributed by atoms with E-state index in [-0.39, 0.29) is 6.09 Å². The molecule has 0 fully saturated rings. The summed E-state index contributed by atoms with van der Waals surface area (Å²) in [6.45, 7) is 2.90. The summed E-state index contributed by atoms with van der Waals surface area (Å²) in [4.78, 5) is 12.5. The maximum Gasteiger partial charge on any atom is 0.414 e. The Kier molecular flexibility index (Phi) is 3.50. The average Bonchev–Trinajstić information content (AvgIpc) is 2.53. The number of aryl methyl sites for hydroxylation is 1. The number of rotatable bonds is 3. The zero-order chi connectivity index (χ0) is 10.6. The van der Waals surface area contributed by atoms with Crippen LogP contribution in [0.3, 0.4) is 0 Å². The van der Waals surface area contributed by atoms with Crippen LogP contribution in [0.25, 0.3) is 0 Å². The van der Waals surface area contributed by atoms with Crippen LogP contribution in [0.15, 0.2) is 12.4 Å². The van der Waals surface area contributed by atoms with Crippen LogP contribution in [0.2, 0.25) is 0 Å². The van der Waals surface area contributed by atoms with Crippen molar-refractivity contribution in [3.8, 4) is 5.75 Å². The van der Waals surface area contributed by atoms with Gasteiger partial charge in [0.1, 0.15) is 0 Å². The molecule has 0 spiro atoms. The van der Waals surface area contributed by atoms with Crippen LogP contribution in [0, 0.1) is 0 Å². The molecule has 1 aromatic heterocycles. The predicted octanol–water partition coefficient (Wildman–Crippen LogP) is 1.35. The van der Waals surface area contributed by atoms with Gasteiger partial charge in [0, 0.05) is 20.6 Å². The van der Waals surface area contributed by atoms with Crippen LogP contribution in [-0.4, -0.2) is 34.9 Å². The molecule has 1 amide bonds. The molecule has 1 aromatic rings. The van der Waals surface area contributed by atoms with Crippen molar-refractivity contribution in [3.05, 3.63) is 12.4 Å². The van der Waals surface area contributed by atoms with E-state index in [1.165, 1.54) is 11.1 Å². The molecule has 0 radical (unpaired) electrons. The first-order chi connectivity index (χ1) is 6.63. The van der Waals surface area contributed by atoms with Gasteiger partial charge in [-0.3, -0.25) is 4.68 Å². The zero-order valence-corrected chi connectivity index (χ0v) is 8.73. The van der Waals surface area contributed by atoms with E-state index in [0.717, 1.165) is 13.0 Å². The number of ether oxygens (including phenoxy) is 1. The van der Waals surface area contributed by atoms with Gasteiger partial charge in [0.05, 0.1) is 12.4 Å². The molecular weight excluding hydrogens is 182 g/mol. The van der Waals surface area contributed by atoms with Crippen LogP contribution >= 0.6 is 0 Å². The van der Waals surface area contributed by atoms with E-state index >= 15 is 0 Å². The molecule has 5 heteroatoms. The molecule has 0 bridgehead atoms. The van der Waals surface area contributed by atoms with Crippen molar-refractivity contribution in [1.29, 1.82) is 0 Å². The van der Waals surface area contributed by atoms with Crippen LogP contribution < -0.4 is 4.74 Å². The van der Waals surface area contributed by atoms with Crippen LogP contribution in [0.1, 0.15) is 13.3 Å². The minimum absolute atomic E-state index is 0.388. The molecule has 0 saturated carbocycles. The number of aromatic nitrogens is 2. The summed E-state index contributed by atoms with van der Waals surface area (Å²) in [5.41, 5.74) is 0. The monoisotopic (exact) mass is 197 g/mol. The number of carbonyl (C=O) groups excluding carboxylic acids is 1. The molecule has 0 saturated heterocycles. The summed E-state index contributed by atoms with van der Waals surface area (Å²) in [5.74, 6) is 0.483. The van der Waals surface area contributed by atoms with Gasteiger partial charge in [-0.05, 0) is 6.42 Å². The molecule has 1 heterocycles. The molecular formula is C9H15N3O2. The Labute approximate surface area is 83.3 Å². The Morgan fingerprint density at radius 2 is 2.36 bits per heavy atom. The first-order valence-corrected chi connectivity index (χ1v) is 4.55. The molecule has 78 valence electrons. The second-order valence-corrected chi connectivity index (χ2v) is 3.20. The number of nitrogens with zero attached hydrogens (tertiary/aromatic N) is 3. The van der Waals surface area contributed by atoms with Gasteiger partial charge in [-0.2, -0.15) is 5.10 Å². The largest absolute Gasteiger partial charge is 0.414 e. The zero-order valence-electron chi connectivity index (χ0n) is 8.73. The van der Waals surface area contributed by atoms with Crippen LogP contribution in [0.5, 0.6) is 5.75 Å². The lowest BCUT2D eigenvalue weighted by Crippen LogP contribution is -2.25. The third-order valence-electron chi connectivity index (χ3n) is 1.63. The third-order valence-corrected chi connectivity index (χ3v) is 1.63. The minimum atomic E-state index is -0.388. The van der Waals surface area contributed by atoms with Crippen molar-refractivity contribution in [2.24, 2.45) is 0 Å². The summed E-state index contributed by atoms with van der Waals surface area (Å²) < 4.78 is 6.75. The van der Waals surface area contributed by atoms with E-state index in [9.17, 15) is 4.79 Å². The van der Waals surface area contributed by atoms with Gasteiger partial charge >= 0.3 is 6.09 Å². The molecule has 0 N–H and O–H groups in total. The standard InChI is InChI=1S/C9H15N3O2/c1-4-5-12-7-8(6-10-12)14-9(13)11(2)3/h6-7H,4-5H2,1-3H3. The maximum absolute atomic E-state index is 11.1. The smallest absolute Gasteiger partial charge is 0.407 e. The Hall–Kier alpha value is -1.52. The highest BCUT2D eigenvalue weighted by Gasteiger charge is 2.07. The fraction of sp³-hybridized carbons (Fsp3) is 0.556. The van der Waals surface area contributed by atoms with Gasteiger partial charge in [-0.25, -0.2) is 4.79 Å². The first-order valence-electron chi connectivity index (χ1n) is 4.55. The molecule has 0 aliphatic carbocycles. The van der Waals surface area contributed by atoms with Crippen molar-refractivity contribution in [2.45, 2.75) is 19.9 Å². The molecule has 0 aromatic carbocycles. The summed E-state index contributed by atoms with van der Waals surface area (Å²) in [7, 11) is 3.28. The number of hydrogen-bond donors (Lipinski definition) is 0. The second kappa shape index (κ2) is 4.64. The summed E-state index contributed by atoms with van der Waals surface area (Å²) >= 11 is 0. The van der Waals surface area contributed by atoms with Gasteiger partial charge in [-0.1, -0.05) is 6.92 Å². The van der Waals surface area contributed by atoms with E-state index in [4.69, 9.17) is 4.74 Å². The van der Waals surface area contributed by atoms with Crippen LogP contribution in [-0.2, 0) is 6.54 Å². The Morgan fingerprint density at radius 3 is 2.93 bits per heavy atom. The quantitative estimate of drug-likeness (QED) is 0.735. The molecule has 0 aliphatic heterocycles. The van der Waals surface area contributed by atoms with Crippen molar-refractivity contribution in [3.63, 3.8) is 0 Å². The van der Waals surface area contributed by atoms with E-state index in [0.29, 0.717) is 5.75 Å². The van der Waals surface area contributed by atoms with Gasteiger partial charge < -0.3 is 9.64 Å². The van der Waals surface area contributed by atoms with E-state index in [1.807, 2.05) is 0 Å². The lowest BCUT2D eigenvalue weighted by Gasteiger charge is -2.08.